The Morgan fingerprint density at radius 3 is 2.81 bits per heavy atom. The molecule has 4 rings (SSSR count). The van der Waals surface area contributed by atoms with Crippen molar-refractivity contribution >= 4 is 48.5 Å². The van der Waals surface area contributed by atoms with Crippen LogP contribution in [0.1, 0.15) is 27.4 Å². The average molecular weight is 442 g/mol. The molecule has 3 heterocycles. The molecule has 0 N–H and O–H groups in total. The molecule has 0 radical (unpaired) electrons. The molecule has 0 aliphatic heterocycles. The summed E-state index contributed by atoms with van der Waals surface area (Å²) in [4.78, 5) is 23.9. The van der Waals surface area contributed by atoms with Crippen LogP contribution in [-0.4, -0.2) is 15.9 Å². The molecule has 4 aromatic rings. The quantitative estimate of drug-likeness (QED) is 0.418. The Hall–Kier alpha value is -2.51. The van der Waals surface area contributed by atoms with E-state index in [0.717, 1.165) is 20.3 Å². The molecule has 136 valence electrons. The van der Waals surface area contributed by atoms with Gasteiger partial charge in [0.15, 0.2) is 5.13 Å². The predicted octanol–water partition coefficient (Wildman–Crippen LogP) is 5.51. The maximum Gasteiger partial charge on any atom is 0.263 e. The molecule has 0 unspecified atom stereocenters. The number of hydrogen-bond acceptors (Lipinski definition) is 5. The minimum atomic E-state index is -0.133. The van der Waals surface area contributed by atoms with Crippen molar-refractivity contribution in [3.63, 3.8) is 0 Å². The first-order valence-corrected chi connectivity index (χ1v) is 9.96. The summed E-state index contributed by atoms with van der Waals surface area (Å²) in [5, 5.41) is 0.648. The van der Waals surface area contributed by atoms with Crippen molar-refractivity contribution in [1.82, 2.24) is 9.97 Å². The number of aryl methyl sites for hydroxylation is 2. The standard InChI is InChI=1S/C20H16BrN3O2S/c1-12-8-16(13(2)26-12)19(25)24(11-14-4-3-7-22-10-14)20-23-17-6-5-15(21)9-18(17)27-20/h3-10H,11H2,1-2H3. The fourth-order valence-electron chi connectivity index (χ4n) is 2.89. The van der Waals surface area contributed by atoms with Gasteiger partial charge in [-0.25, -0.2) is 4.98 Å². The Kier molecular flexibility index (Phi) is 4.80. The van der Waals surface area contributed by atoms with E-state index in [4.69, 9.17) is 4.42 Å². The normalized spacial score (nSPS) is 11.1. The molecule has 1 amide bonds. The molecule has 0 aliphatic rings. The Bertz CT molecular complexity index is 1120. The highest BCUT2D eigenvalue weighted by Crippen LogP contribution is 2.33. The summed E-state index contributed by atoms with van der Waals surface area (Å²) >= 11 is 4.98. The van der Waals surface area contributed by atoms with Crippen LogP contribution in [0.4, 0.5) is 5.13 Å². The van der Waals surface area contributed by atoms with Crippen LogP contribution in [0.5, 0.6) is 0 Å². The molecule has 3 aromatic heterocycles. The molecule has 1 aromatic carbocycles. The van der Waals surface area contributed by atoms with E-state index in [0.29, 0.717) is 28.8 Å². The molecule has 0 fully saturated rings. The van der Waals surface area contributed by atoms with Crippen molar-refractivity contribution in [3.8, 4) is 0 Å². The third-order valence-electron chi connectivity index (χ3n) is 4.15. The van der Waals surface area contributed by atoms with Crippen molar-refractivity contribution < 1.29 is 9.21 Å². The van der Waals surface area contributed by atoms with Crippen molar-refractivity contribution in [2.75, 3.05) is 4.90 Å². The molecule has 0 spiro atoms. The molecular formula is C20H16BrN3O2S. The second-order valence-electron chi connectivity index (χ2n) is 6.19. The second-order valence-corrected chi connectivity index (χ2v) is 8.11. The van der Waals surface area contributed by atoms with Crippen molar-refractivity contribution in [2.45, 2.75) is 20.4 Å². The number of halogens is 1. The lowest BCUT2D eigenvalue weighted by molar-refractivity contribution is 0.0983. The third-order valence-corrected chi connectivity index (χ3v) is 5.68. The van der Waals surface area contributed by atoms with Gasteiger partial charge in [0.2, 0.25) is 0 Å². The van der Waals surface area contributed by atoms with E-state index in [-0.39, 0.29) is 5.91 Å². The first-order chi connectivity index (χ1) is 13.0. The number of nitrogens with zero attached hydrogens (tertiary/aromatic N) is 3. The molecule has 7 heteroatoms. The molecule has 27 heavy (non-hydrogen) atoms. The Morgan fingerprint density at radius 2 is 2.11 bits per heavy atom. The van der Waals surface area contributed by atoms with Crippen molar-refractivity contribution in [2.24, 2.45) is 0 Å². The van der Waals surface area contributed by atoms with Crippen LogP contribution >= 0.6 is 27.3 Å². The van der Waals surface area contributed by atoms with Crippen LogP contribution in [0.3, 0.4) is 0 Å². The number of pyridine rings is 1. The van der Waals surface area contributed by atoms with E-state index < -0.39 is 0 Å². The van der Waals surface area contributed by atoms with Crippen molar-refractivity contribution in [3.05, 3.63) is 75.9 Å². The monoisotopic (exact) mass is 441 g/mol. The van der Waals surface area contributed by atoms with Crippen LogP contribution in [-0.2, 0) is 6.54 Å². The summed E-state index contributed by atoms with van der Waals surface area (Å²) in [6.45, 7) is 4.03. The molecule has 0 saturated carbocycles. The van der Waals surface area contributed by atoms with Gasteiger partial charge in [-0.15, -0.1) is 0 Å². The number of carbonyl (C=O) groups is 1. The van der Waals surface area contributed by atoms with Gasteiger partial charge in [-0.2, -0.15) is 0 Å². The van der Waals surface area contributed by atoms with Gasteiger partial charge in [-0.1, -0.05) is 33.3 Å². The Morgan fingerprint density at radius 1 is 1.26 bits per heavy atom. The van der Waals surface area contributed by atoms with E-state index in [2.05, 4.69) is 25.9 Å². The van der Waals surface area contributed by atoms with Gasteiger partial charge in [-0.3, -0.25) is 14.7 Å². The van der Waals surface area contributed by atoms with Crippen molar-refractivity contribution in [1.29, 1.82) is 0 Å². The predicted molar refractivity (Wildman–Crippen MR) is 110 cm³/mol. The lowest BCUT2D eigenvalue weighted by Crippen LogP contribution is -2.30. The van der Waals surface area contributed by atoms with Crippen LogP contribution in [0.2, 0.25) is 0 Å². The molecular weight excluding hydrogens is 426 g/mol. The van der Waals surface area contributed by atoms with Crippen LogP contribution < -0.4 is 4.90 Å². The van der Waals surface area contributed by atoms with Gasteiger partial charge in [0.1, 0.15) is 11.5 Å². The first kappa shape index (κ1) is 17.9. The van der Waals surface area contributed by atoms with E-state index in [1.807, 2.05) is 37.3 Å². The number of thiazole rings is 1. The van der Waals surface area contributed by atoms with Crippen LogP contribution in [0.25, 0.3) is 10.2 Å². The number of benzene rings is 1. The average Bonchev–Trinajstić information content (AvgIpc) is 3.22. The van der Waals surface area contributed by atoms with Gasteiger partial charge >= 0.3 is 0 Å². The number of amides is 1. The minimum absolute atomic E-state index is 0.133. The lowest BCUT2D eigenvalue weighted by atomic mass is 10.2. The molecule has 0 bridgehead atoms. The highest BCUT2D eigenvalue weighted by molar-refractivity contribution is 9.10. The van der Waals surface area contributed by atoms with E-state index in [9.17, 15) is 4.79 Å². The second kappa shape index (κ2) is 7.25. The fraction of sp³-hybridized carbons (Fsp3) is 0.150. The molecule has 0 atom stereocenters. The largest absolute Gasteiger partial charge is 0.466 e. The van der Waals surface area contributed by atoms with Crippen LogP contribution in [0.15, 0.2) is 57.7 Å². The highest BCUT2D eigenvalue weighted by Gasteiger charge is 2.25. The smallest absolute Gasteiger partial charge is 0.263 e. The number of hydrogen-bond donors (Lipinski definition) is 0. The molecule has 5 nitrogen and oxygen atoms in total. The van der Waals surface area contributed by atoms with E-state index in [1.165, 1.54) is 11.3 Å². The summed E-state index contributed by atoms with van der Waals surface area (Å²) in [7, 11) is 0. The zero-order valence-electron chi connectivity index (χ0n) is 14.8. The summed E-state index contributed by atoms with van der Waals surface area (Å²) in [6.07, 6.45) is 3.48. The third kappa shape index (κ3) is 3.65. The van der Waals surface area contributed by atoms with Gasteiger partial charge in [0.05, 0.1) is 22.3 Å². The summed E-state index contributed by atoms with van der Waals surface area (Å²) in [5.74, 6) is 1.19. The fourth-order valence-corrected chi connectivity index (χ4v) is 4.41. The maximum absolute atomic E-state index is 13.3. The van der Waals surface area contributed by atoms with E-state index in [1.54, 1.807) is 30.3 Å². The Labute approximate surface area is 168 Å². The first-order valence-electron chi connectivity index (χ1n) is 8.35. The molecule has 0 aliphatic carbocycles. The summed E-state index contributed by atoms with van der Waals surface area (Å²) < 4.78 is 7.56. The topological polar surface area (TPSA) is 59.2 Å². The number of rotatable bonds is 4. The minimum Gasteiger partial charge on any atom is -0.466 e. The lowest BCUT2D eigenvalue weighted by Gasteiger charge is -2.19. The summed E-state index contributed by atoms with van der Waals surface area (Å²) in [5.41, 5.74) is 2.35. The number of carbonyl (C=O) groups excluding carboxylic acids is 1. The highest BCUT2D eigenvalue weighted by atomic mass is 79.9. The number of aromatic nitrogens is 2. The zero-order valence-corrected chi connectivity index (χ0v) is 17.2. The SMILES string of the molecule is Cc1cc(C(=O)N(Cc2cccnc2)c2nc3ccc(Br)cc3s2)c(C)o1. The number of furan rings is 1. The maximum atomic E-state index is 13.3. The summed E-state index contributed by atoms with van der Waals surface area (Å²) in [6, 6.07) is 11.5. The van der Waals surface area contributed by atoms with Gasteiger partial charge in [0, 0.05) is 16.9 Å². The van der Waals surface area contributed by atoms with Gasteiger partial charge < -0.3 is 4.42 Å². The zero-order chi connectivity index (χ0) is 19.0. The van der Waals surface area contributed by atoms with Crippen LogP contribution in [0, 0.1) is 13.8 Å². The van der Waals surface area contributed by atoms with E-state index >= 15 is 0 Å². The Balaban J connectivity index is 1.79. The van der Waals surface area contributed by atoms with Gasteiger partial charge in [-0.05, 0) is 49.7 Å². The molecule has 0 saturated heterocycles. The number of fused-ring (bicyclic) bond motifs is 1. The number of anilines is 1. The van der Waals surface area contributed by atoms with Gasteiger partial charge in [0.25, 0.3) is 5.91 Å².